The first-order valence-electron chi connectivity index (χ1n) is 5.87. The average molecular weight is 247 g/mol. The van der Waals surface area contributed by atoms with Crippen LogP contribution in [-0.4, -0.2) is 15.8 Å². The van der Waals surface area contributed by atoms with Gasteiger partial charge in [-0.1, -0.05) is 12.8 Å². The molecule has 1 saturated carbocycles. The maximum absolute atomic E-state index is 12.3. The lowest BCUT2D eigenvalue weighted by atomic mass is 10.1. The molecular formula is C12H16F3NO. The van der Waals surface area contributed by atoms with Crippen LogP contribution in [0.1, 0.15) is 37.4 Å². The lowest BCUT2D eigenvalue weighted by Gasteiger charge is -2.13. The van der Waals surface area contributed by atoms with E-state index in [1.165, 1.54) is 25.1 Å². The highest BCUT2D eigenvalue weighted by Crippen LogP contribution is 2.33. The van der Waals surface area contributed by atoms with Crippen LogP contribution in [0.25, 0.3) is 0 Å². The van der Waals surface area contributed by atoms with Crippen molar-refractivity contribution in [1.29, 1.82) is 0 Å². The highest BCUT2D eigenvalue weighted by molar-refractivity contribution is 5.15. The topological polar surface area (TPSA) is 25.2 Å². The molecule has 1 aliphatic carbocycles. The van der Waals surface area contributed by atoms with E-state index >= 15 is 0 Å². The van der Waals surface area contributed by atoms with Crippen molar-refractivity contribution in [3.8, 4) is 0 Å². The molecule has 0 aromatic carbocycles. The minimum absolute atomic E-state index is 0.0736. The summed E-state index contributed by atoms with van der Waals surface area (Å²) >= 11 is 0. The zero-order valence-corrected chi connectivity index (χ0v) is 9.45. The third-order valence-corrected chi connectivity index (χ3v) is 3.34. The summed E-state index contributed by atoms with van der Waals surface area (Å²) in [5, 5.41) is 9.09. The van der Waals surface area contributed by atoms with E-state index in [1.54, 1.807) is 10.8 Å². The lowest BCUT2D eigenvalue weighted by molar-refractivity contribution is -0.206. The van der Waals surface area contributed by atoms with Gasteiger partial charge in [0.05, 0.1) is 0 Å². The molecule has 96 valence electrons. The molecule has 0 aliphatic heterocycles. The molecule has 1 unspecified atom stereocenters. The number of alkyl halides is 3. The molecule has 5 heteroatoms. The number of aliphatic hydroxyl groups is 1. The molecule has 0 spiro atoms. The van der Waals surface area contributed by atoms with E-state index in [2.05, 4.69) is 0 Å². The molecule has 17 heavy (non-hydrogen) atoms. The van der Waals surface area contributed by atoms with E-state index in [0.717, 1.165) is 19.4 Å². The van der Waals surface area contributed by atoms with Gasteiger partial charge in [0.1, 0.15) is 0 Å². The molecule has 1 N–H and O–H groups in total. The number of hydrogen-bond acceptors (Lipinski definition) is 1. The highest BCUT2D eigenvalue weighted by Gasteiger charge is 2.39. The Morgan fingerprint density at radius 3 is 2.59 bits per heavy atom. The Morgan fingerprint density at radius 2 is 2.00 bits per heavy atom. The van der Waals surface area contributed by atoms with Gasteiger partial charge in [-0.15, -0.1) is 0 Å². The second-order valence-corrected chi connectivity index (χ2v) is 4.74. The quantitative estimate of drug-likeness (QED) is 0.871. The zero-order chi connectivity index (χ0) is 12.5. The molecule has 0 saturated heterocycles. The van der Waals surface area contributed by atoms with Crippen LogP contribution >= 0.6 is 0 Å². The summed E-state index contributed by atoms with van der Waals surface area (Å²) in [5.41, 5.74) is -0.0736. The molecule has 1 aromatic heterocycles. The van der Waals surface area contributed by atoms with Crippen molar-refractivity contribution >= 4 is 0 Å². The van der Waals surface area contributed by atoms with Crippen LogP contribution in [0.3, 0.4) is 0 Å². The van der Waals surface area contributed by atoms with Gasteiger partial charge in [0.2, 0.25) is 0 Å². The summed E-state index contributed by atoms with van der Waals surface area (Å²) in [6.45, 7) is 0.755. The fourth-order valence-corrected chi connectivity index (χ4v) is 2.41. The number of hydrogen-bond donors (Lipinski definition) is 1. The summed E-state index contributed by atoms with van der Waals surface area (Å²) in [6.07, 6.45) is 0.782. The van der Waals surface area contributed by atoms with Gasteiger partial charge in [-0.25, -0.2) is 0 Å². The number of aromatic nitrogens is 1. The van der Waals surface area contributed by atoms with Crippen LogP contribution in [0, 0.1) is 5.92 Å². The molecule has 1 aliphatic rings. The van der Waals surface area contributed by atoms with Gasteiger partial charge in [-0.05, 0) is 24.8 Å². The van der Waals surface area contributed by atoms with E-state index in [0.29, 0.717) is 5.92 Å². The lowest BCUT2D eigenvalue weighted by Crippen LogP contribution is -2.19. The molecule has 0 amide bonds. The smallest absolute Gasteiger partial charge is 0.379 e. The average Bonchev–Trinajstić information content (AvgIpc) is 2.87. The first-order chi connectivity index (χ1) is 7.97. The van der Waals surface area contributed by atoms with Crippen LogP contribution in [0.2, 0.25) is 0 Å². The standard InChI is InChI=1S/C12H16F3NO/c13-12(14,15)11(17)10-5-6-16(8-10)7-9-3-1-2-4-9/h5-6,8-9,11,17H,1-4,7H2. The third kappa shape index (κ3) is 3.03. The number of halogens is 3. The first kappa shape index (κ1) is 12.5. The van der Waals surface area contributed by atoms with Crippen molar-refractivity contribution in [3.05, 3.63) is 24.0 Å². The minimum atomic E-state index is -4.58. The Morgan fingerprint density at radius 1 is 1.35 bits per heavy atom. The predicted octanol–water partition coefficient (Wildman–Crippen LogP) is 3.27. The van der Waals surface area contributed by atoms with Gasteiger partial charge >= 0.3 is 6.18 Å². The van der Waals surface area contributed by atoms with E-state index in [1.807, 2.05) is 0 Å². The number of aliphatic hydroxyl groups excluding tert-OH is 1. The van der Waals surface area contributed by atoms with Gasteiger partial charge in [-0.2, -0.15) is 13.2 Å². The van der Waals surface area contributed by atoms with Crippen molar-refractivity contribution in [2.75, 3.05) is 0 Å². The first-order valence-corrected chi connectivity index (χ1v) is 5.87. The van der Waals surface area contributed by atoms with Crippen LogP contribution in [-0.2, 0) is 6.54 Å². The molecule has 1 fully saturated rings. The molecule has 2 nitrogen and oxygen atoms in total. The fourth-order valence-electron chi connectivity index (χ4n) is 2.41. The predicted molar refractivity (Wildman–Crippen MR) is 57.4 cm³/mol. The Hall–Kier alpha value is -0.970. The number of nitrogens with zero attached hydrogens (tertiary/aromatic N) is 1. The van der Waals surface area contributed by atoms with Gasteiger partial charge < -0.3 is 9.67 Å². The molecule has 1 heterocycles. The molecule has 1 aromatic rings. The second kappa shape index (κ2) is 4.72. The van der Waals surface area contributed by atoms with Crippen LogP contribution in [0.15, 0.2) is 18.5 Å². The molecule has 2 rings (SSSR count). The van der Waals surface area contributed by atoms with E-state index < -0.39 is 12.3 Å². The summed E-state index contributed by atoms with van der Waals surface area (Å²) in [7, 11) is 0. The normalized spacial score (nSPS) is 19.8. The maximum atomic E-state index is 12.3. The van der Waals surface area contributed by atoms with Gasteiger partial charge in [0.25, 0.3) is 0 Å². The summed E-state index contributed by atoms with van der Waals surface area (Å²) in [5.74, 6) is 0.568. The summed E-state index contributed by atoms with van der Waals surface area (Å²) in [4.78, 5) is 0. The Labute approximate surface area is 98.1 Å². The molecule has 1 atom stereocenters. The highest BCUT2D eigenvalue weighted by atomic mass is 19.4. The monoisotopic (exact) mass is 247 g/mol. The van der Waals surface area contributed by atoms with Gasteiger partial charge in [-0.3, -0.25) is 0 Å². The zero-order valence-electron chi connectivity index (χ0n) is 9.45. The largest absolute Gasteiger partial charge is 0.418 e. The molecule has 0 bridgehead atoms. The van der Waals surface area contributed by atoms with Gasteiger partial charge in [0, 0.05) is 24.5 Å². The minimum Gasteiger partial charge on any atom is -0.379 e. The summed E-state index contributed by atoms with van der Waals surface area (Å²) in [6, 6.07) is 1.34. The molecule has 0 radical (unpaired) electrons. The van der Waals surface area contributed by atoms with Crippen LogP contribution < -0.4 is 0 Å². The van der Waals surface area contributed by atoms with Crippen molar-refractivity contribution < 1.29 is 18.3 Å². The maximum Gasteiger partial charge on any atom is 0.418 e. The van der Waals surface area contributed by atoms with Crippen LogP contribution in [0.5, 0.6) is 0 Å². The van der Waals surface area contributed by atoms with E-state index in [4.69, 9.17) is 5.11 Å². The van der Waals surface area contributed by atoms with Crippen molar-refractivity contribution in [2.45, 2.75) is 44.5 Å². The van der Waals surface area contributed by atoms with E-state index in [9.17, 15) is 13.2 Å². The van der Waals surface area contributed by atoms with E-state index in [-0.39, 0.29) is 5.56 Å². The Bertz CT molecular complexity index is 366. The van der Waals surface area contributed by atoms with Crippen LogP contribution in [0.4, 0.5) is 13.2 Å². The number of rotatable bonds is 3. The SMILES string of the molecule is OC(c1ccn(CC2CCCC2)c1)C(F)(F)F. The van der Waals surface area contributed by atoms with Crippen molar-refractivity contribution in [2.24, 2.45) is 5.92 Å². The van der Waals surface area contributed by atoms with Gasteiger partial charge in [0.15, 0.2) is 6.10 Å². The fraction of sp³-hybridized carbons (Fsp3) is 0.667. The Balaban J connectivity index is 2.00. The van der Waals surface area contributed by atoms with Crippen molar-refractivity contribution in [1.82, 2.24) is 4.57 Å². The molecular weight excluding hydrogens is 231 g/mol. The Kier molecular flexibility index (Phi) is 3.47. The van der Waals surface area contributed by atoms with Crippen molar-refractivity contribution in [3.63, 3.8) is 0 Å². The summed E-state index contributed by atoms with van der Waals surface area (Å²) < 4.78 is 38.6. The second-order valence-electron chi connectivity index (χ2n) is 4.74. The third-order valence-electron chi connectivity index (χ3n) is 3.34.